The van der Waals surface area contributed by atoms with E-state index in [-0.39, 0.29) is 18.4 Å². The van der Waals surface area contributed by atoms with Crippen LogP contribution in [0.2, 0.25) is 0 Å². The summed E-state index contributed by atoms with van der Waals surface area (Å²) >= 11 is 3.42. The summed E-state index contributed by atoms with van der Waals surface area (Å²) in [4.78, 5) is 12.1. The number of amides is 1. The van der Waals surface area contributed by atoms with Crippen LogP contribution in [0.5, 0.6) is 0 Å². The largest absolute Gasteiger partial charge is 0.356 e. The van der Waals surface area contributed by atoms with E-state index in [2.05, 4.69) is 40.3 Å². The van der Waals surface area contributed by atoms with E-state index in [1.807, 2.05) is 24.3 Å². The number of benzene rings is 1. The maximum Gasteiger partial charge on any atom is 0.226 e. The first-order valence-corrected chi connectivity index (χ1v) is 7.92. The Hall–Kier alpha value is -1.36. The van der Waals surface area contributed by atoms with E-state index in [0.29, 0.717) is 11.6 Å². The van der Waals surface area contributed by atoms with Crippen LogP contribution in [0.15, 0.2) is 28.8 Å². The van der Waals surface area contributed by atoms with Gasteiger partial charge in [0.25, 0.3) is 0 Å². The SMILES string of the molecule is CC(C)C(CCBr)NC(=O)Cc1noc2ccccc12. The molecule has 0 bridgehead atoms. The summed E-state index contributed by atoms with van der Waals surface area (Å²) in [5.41, 5.74) is 1.41. The maximum atomic E-state index is 12.1. The molecule has 1 N–H and O–H groups in total. The standard InChI is InChI=1S/C15H19BrN2O2/c1-10(2)12(7-8-16)17-15(19)9-13-11-5-3-4-6-14(11)20-18-13/h3-6,10,12H,7-9H2,1-2H3,(H,17,19). The highest BCUT2D eigenvalue weighted by atomic mass is 79.9. The van der Waals surface area contributed by atoms with Crippen LogP contribution in [0.1, 0.15) is 26.0 Å². The minimum absolute atomic E-state index is 0.0105. The topological polar surface area (TPSA) is 55.1 Å². The van der Waals surface area contributed by atoms with Crippen LogP contribution in [0.3, 0.4) is 0 Å². The first-order chi connectivity index (χ1) is 9.61. The van der Waals surface area contributed by atoms with Crippen molar-refractivity contribution in [3.8, 4) is 0 Å². The first-order valence-electron chi connectivity index (χ1n) is 6.80. The Morgan fingerprint density at radius 3 is 2.85 bits per heavy atom. The lowest BCUT2D eigenvalue weighted by Crippen LogP contribution is -2.39. The van der Waals surface area contributed by atoms with Crippen LogP contribution in [-0.2, 0) is 11.2 Å². The van der Waals surface area contributed by atoms with E-state index in [4.69, 9.17) is 4.52 Å². The van der Waals surface area contributed by atoms with E-state index in [0.717, 1.165) is 22.7 Å². The molecule has 1 aromatic heterocycles. The van der Waals surface area contributed by atoms with Gasteiger partial charge in [0.15, 0.2) is 5.58 Å². The molecule has 5 heteroatoms. The fourth-order valence-corrected chi connectivity index (χ4v) is 2.66. The summed E-state index contributed by atoms with van der Waals surface area (Å²) in [6, 6.07) is 7.77. The molecule has 0 fully saturated rings. The molecule has 0 aliphatic rings. The third kappa shape index (κ3) is 3.60. The zero-order valence-electron chi connectivity index (χ0n) is 11.7. The van der Waals surface area contributed by atoms with Crippen LogP contribution < -0.4 is 5.32 Å². The summed E-state index contributed by atoms with van der Waals surface area (Å²) < 4.78 is 5.21. The highest BCUT2D eigenvalue weighted by molar-refractivity contribution is 9.09. The molecule has 0 saturated carbocycles. The number of rotatable bonds is 6. The second-order valence-corrected chi connectivity index (χ2v) is 5.99. The predicted octanol–water partition coefficient (Wildman–Crippen LogP) is 3.30. The van der Waals surface area contributed by atoms with Gasteiger partial charge in [0.2, 0.25) is 5.91 Å². The van der Waals surface area contributed by atoms with E-state index < -0.39 is 0 Å². The summed E-state index contributed by atoms with van der Waals surface area (Å²) in [7, 11) is 0. The third-order valence-electron chi connectivity index (χ3n) is 3.35. The zero-order chi connectivity index (χ0) is 14.5. The number of halogens is 1. The van der Waals surface area contributed by atoms with Gasteiger partial charge in [0, 0.05) is 16.8 Å². The van der Waals surface area contributed by atoms with Crippen molar-refractivity contribution < 1.29 is 9.32 Å². The molecule has 0 aliphatic heterocycles. The number of nitrogens with one attached hydrogen (secondary N) is 1. The van der Waals surface area contributed by atoms with Crippen molar-refractivity contribution in [3.63, 3.8) is 0 Å². The molecule has 0 spiro atoms. The Balaban J connectivity index is 2.04. The highest BCUT2D eigenvalue weighted by Gasteiger charge is 2.17. The molecule has 1 heterocycles. The number of hydrogen-bond donors (Lipinski definition) is 1. The van der Waals surface area contributed by atoms with Crippen molar-refractivity contribution in [2.75, 3.05) is 5.33 Å². The lowest BCUT2D eigenvalue weighted by molar-refractivity contribution is -0.121. The smallest absolute Gasteiger partial charge is 0.226 e. The predicted molar refractivity (Wildman–Crippen MR) is 82.9 cm³/mol. The number of carbonyl (C=O) groups is 1. The lowest BCUT2D eigenvalue weighted by atomic mass is 10.0. The molecule has 2 rings (SSSR count). The molecular weight excluding hydrogens is 320 g/mol. The van der Waals surface area contributed by atoms with E-state index in [9.17, 15) is 4.79 Å². The Bertz CT molecular complexity index is 580. The second kappa shape index (κ2) is 6.88. The summed E-state index contributed by atoms with van der Waals surface area (Å²) in [5.74, 6) is 0.397. The molecule has 0 aliphatic carbocycles. The van der Waals surface area contributed by atoms with Gasteiger partial charge >= 0.3 is 0 Å². The van der Waals surface area contributed by atoms with Crippen molar-refractivity contribution in [1.29, 1.82) is 0 Å². The monoisotopic (exact) mass is 338 g/mol. The molecule has 1 atom stereocenters. The van der Waals surface area contributed by atoms with Crippen molar-refractivity contribution in [1.82, 2.24) is 10.5 Å². The molecule has 2 aromatic rings. The van der Waals surface area contributed by atoms with E-state index >= 15 is 0 Å². The quantitative estimate of drug-likeness (QED) is 0.822. The number of hydrogen-bond acceptors (Lipinski definition) is 3. The van der Waals surface area contributed by atoms with E-state index in [1.54, 1.807) is 0 Å². The molecule has 4 nitrogen and oxygen atoms in total. The molecule has 1 amide bonds. The molecule has 1 aromatic carbocycles. The third-order valence-corrected chi connectivity index (χ3v) is 3.81. The summed E-state index contributed by atoms with van der Waals surface area (Å²) in [5, 5.41) is 8.84. The Morgan fingerprint density at radius 2 is 2.15 bits per heavy atom. The van der Waals surface area contributed by atoms with Crippen LogP contribution in [0.25, 0.3) is 11.0 Å². The normalized spacial score (nSPS) is 12.8. The molecule has 1 unspecified atom stereocenters. The van der Waals surface area contributed by atoms with Gasteiger partial charge in [0.1, 0.15) is 5.69 Å². The van der Waals surface area contributed by atoms with Crippen LogP contribution in [-0.4, -0.2) is 22.4 Å². The number of aromatic nitrogens is 1. The van der Waals surface area contributed by atoms with Gasteiger partial charge in [-0.2, -0.15) is 0 Å². The number of carbonyl (C=O) groups excluding carboxylic acids is 1. The van der Waals surface area contributed by atoms with Crippen molar-refractivity contribution in [2.45, 2.75) is 32.7 Å². The van der Waals surface area contributed by atoms with Gasteiger partial charge in [-0.05, 0) is 24.5 Å². The minimum Gasteiger partial charge on any atom is -0.356 e. The number of nitrogens with zero attached hydrogens (tertiary/aromatic N) is 1. The molecule has 0 saturated heterocycles. The van der Waals surface area contributed by atoms with Gasteiger partial charge in [-0.3, -0.25) is 4.79 Å². The zero-order valence-corrected chi connectivity index (χ0v) is 13.3. The lowest BCUT2D eigenvalue weighted by Gasteiger charge is -2.21. The average Bonchev–Trinajstić information content (AvgIpc) is 2.81. The van der Waals surface area contributed by atoms with Gasteiger partial charge in [-0.1, -0.05) is 47.1 Å². The highest BCUT2D eigenvalue weighted by Crippen LogP contribution is 2.18. The van der Waals surface area contributed by atoms with Gasteiger partial charge in [0.05, 0.1) is 6.42 Å². The number of fused-ring (bicyclic) bond motifs is 1. The van der Waals surface area contributed by atoms with Crippen molar-refractivity contribution in [2.24, 2.45) is 5.92 Å². The average molecular weight is 339 g/mol. The summed E-state index contributed by atoms with van der Waals surface area (Å²) in [6.07, 6.45) is 1.17. The van der Waals surface area contributed by atoms with Crippen LogP contribution in [0, 0.1) is 5.92 Å². The van der Waals surface area contributed by atoms with Crippen molar-refractivity contribution in [3.05, 3.63) is 30.0 Å². The second-order valence-electron chi connectivity index (χ2n) is 5.20. The van der Waals surface area contributed by atoms with Gasteiger partial charge in [-0.15, -0.1) is 0 Å². The molecule has 20 heavy (non-hydrogen) atoms. The van der Waals surface area contributed by atoms with Gasteiger partial charge in [-0.25, -0.2) is 0 Å². The summed E-state index contributed by atoms with van der Waals surface area (Å²) in [6.45, 7) is 4.22. The van der Waals surface area contributed by atoms with E-state index in [1.165, 1.54) is 0 Å². The van der Waals surface area contributed by atoms with Crippen LogP contribution in [0.4, 0.5) is 0 Å². The van der Waals surface area contributed by atoms with Gasteiger partial charge < -0.3 is 9.84 Å². The Kier molecular flexibility index (Phi) is 5.17. The van der Waals surface area contributed by atoms with Crippen LogP contribution >= 0.6 is 15.9 Å². The fourth-order valence-electron chi connectivity index (χ4n) is 2.17. The Labute approximate surface area is 127 Å². The number of para-hydroxylation sites is 1. The molecular formula is C15H19BrN2O2. The first kappa shape index (κ1) is 15.0. The molecule has 0 radical (unpaired) electrons. The number of alkyl halides is 1. The van der Waals surface area contributed by atoms with Crippen molar-refractivity contribution >= 4 is 32.8 Å². The molecule has 108 valence electrons. The fraction of sp³-hybridized carbons (Fsp3) is 0.467. The maximum absolute atomic E-state index is 12.1. The minimum atomic E-state index is -0.0105. The Morgan fingerprint density at radius 1 is 1.40 bits per heavy atom.